The standard InChI is InChI=1S/C12H22/c1-4-5-8-12(3)9-6-11(2)7-10-12/h6H,4-5,7-10H2,1-3H3. The summed E-state index contributed by atoms with van der Waals surface area (Å²) in [7, 11) is 0. The predicted octanol–water partition coefficient (Wildman–Crippen LogP) is 4.31. The Labute approximate surface area is 77.1 Å². The van der Waals surface area contributed by atoms with Crippen molar-refractivity contribution in [3.05, 3.63) is 11.6 Å². The van der Waals surface area contributed by atoms with Crippen molar-refractivity contribution in [1.29, 1.82) is 0 Å². The maximum atomic E-state index is 2.45. The van der Waals surface area contributed by atoms with Gasteiger partial charge in [-0.1, -0.05) is 38.3 Å². The summed E-state index contributed by atoms with van der Waals surface area (Å²) >= 11 is 0. The van der Waals surface area contributed by atoms with Gasteiger partial charge in [0.2, 0.25) is 0 Å². The third-order valence-electron chi connectivity index (χ3n) is 3.20. The number of rotatable bonds is 3. The fraction of sp³-hybridized carbons (Fsp3) is 0.833. The van der Waals surface area contributed by atoms with E-state index in [1.54, 1.807) is 5.57 Å². The summed E-state index contributed by atoms with van der Waals surface area (Å²) in [6.45, 7) is 7.00. The highest BCUT2D eigenvalue weighted by atomic mass is 14.3. The molecule has 0 saturated heterocycles. The topological polar surface area (TPSA) is 0 Å². The Kier molecular flexibility index (Phi) is 3.37. The van der Waals surface area contributed by atoms with Crippen LogP contribution in [-0.2, 0) is 0 Å². The average Bonchev–Trinajstić information content (AvgIpc) is 2.08. The van der Waals surface area contributed by atoms with Crippen molar-refractivity contribution in [3.63, 3.8) is 0 Å². The second-order valence-electron chi connectivity index (χ2n) is 4.67. The maximum Gasteiger partial charge on any atom is -0.0288 e. The third-order valence-corrected chi connectivity index (χ3v) is 3.20. The molecule has 0 aromatic rings. The number of hydrogen-bond acceptors (Lipinski definition) is 0. The molecule has 0 aliphatic heterocycles. The minimum atomic E-state index is 0.634. The minimum Gasteiger partial charge on any atom is -0.0851 e. The van der Waals surface area contributed by atoms with Gasteiger partial charge in [-0.3, -0.25) is 0 Å². The lowest BCUT2D eigenvalue weighted by atomic mass is 9.73. The smallest absolute Gasteiger partial charge is 0.0288 e. The Hall–Kier alpha value is -0.260. The van der Waals surface area contributed by atoms with Crippen molar-refractivity contribution < 1.29 is 0 Å². The molecule has 0 fully saturated rings. The largest absolute Gasteiger partial charge is 0.0851 e. The Morgan fingerprint density at radius 3 is 2.75 bits per heavy atom. The molecule has 0 amide bonds. The molecule has 1 atom stereocenters. The molecule has 1 aliphatic carbocycles. The van der Waals surface area contributed by atoms with E-state index in [1.807, 2.05) is 0 Å². The molecular formula is C12H22. The normalized spacial score (nSPS) is 30.1. The Bertz CT molecular complexity index is 167. The van der Waals surface area contributed by atoms with Crippen molar-refractivity contribution >= 4 is 0 Å². The van der Waals surface area contributed by atoms with Gasteiger partial charge in [0.15, 0.2) is 0 Å². The molecule has 0 spiro atoms. The van der Waals surface area contributed by atoms with Crippen molar-refractivity contribution in [3.8, 4) is 0 Å². The first-order chi connectivity index (χ1) is 5.66. The molecular weight excluding hydrogens is 144 g/mol. The van der Waals surface area contributed by atoms with Crippen LogP contribution in [0.1, 0.15) is 59.3 Å². The molecule has 0 aromatic heterocycles. The quantitative estimate of drug-likeness (QED) is 0.548. The number of unbranched alkanes of at least 4 members (excludes halogenated alkanes) is 1. The van der Waals surface area contributed by atoms with E-state index < -0.39 is 0 Å². The highest BCUT2D eigenvalue weighted by Crippen LogP contribution is 2.38. The maximum absolute atomic E-state index is 2.45. The van der Waals surface area contributed by atoms with Crippen LogP contribution in [0.3, 0.4) is 0 Å². The van der Waals surface area contributed by atoms with Crippen LogP contribution in [0.25, 0.3) is 0 Å². The first-order valence-corrected chi connectivity index (χ1v) is 5.32. The Morgan fingerprint density at radius 2 is 2.25 bits per heavy atom. The van der Waals surface area contributed by atoms with Crippen molar-refractivity contribution in [1.82, 2.24) is 0 Å². The summed E-state index contributed by atoms with van der Waals surface area (Å²) in [5, 5.41) is 0. The SMILES string of the molecule is CCCCC1(C)CC=C(C)CC1. The van der Waals surface area contributed by atoms with Crippen molar-refractivity contribution in [2.45, 2.75) is 59.3 Å². The second kappa shape index (κ2) is 4.11. The first kappa shape index (κ1) is 9.83. The predicted molar refractivity (Wildman–Crippen MR) is 55.2 cm³/mol. The molecule has 0 saturated carbocycles. The lowest BCUT2D eigenvalue weighted by molar-refractivity contribution is 0.256. The highest BCUT2D eigenvalue weighted by Gasteiger charge is 2.24. The molecule has 0 heterocycles. The van der Waals surface area contributed by atoms with Crippen molar-refractivity contribution in [2.75, 3.05) is 0 Å². The van der Waals surface area contributed by atoms with Gasteiger partial charge in [0.25, 0.3) is 0 Å². The van der Waals surface area contributed by atoms with Crippen LogP contribution in [0.5, 0.6) is 0 Å². The zero-order valence-corrected chi connectivity index (χ0v) is 8.82. The lowest BCUT2D eigenvalue weighted by Crippen LogP contribution is -2.18. The van der Waals surface area contributed by atoms with E-state index >= 15 is 0 Å². The van der Waals surface area contributed by atoms with Crippen LogP contribution in [0.15, 0.2) is 11.6 Å². The van der Waals surface area contributed by atoms with E-state index in [1.165, 1.54) is 38.5 Å². The molecule has 0 N–H and O–H groups in total. The summed E-state index contributed by atoms with van der Waals surface area (Å²) in [5.41, 5.74) is 2.24. The van der Waals surface area contributed by atoms with Crippen LogP contribution in [-0.4, -0.2) is 0 Å². The fourth-order valence-electron chi connectivity index (χ4n) is 1.95. The van der Waals surface area contributed by atoms with Crippen LogP contribution in [0.2, 0.25) is 0 Å². The van der Waals surface area contributed by atoms with Crippen LogP contribution < -0.4 is 0 Å². The van der Waals surface area contributed by atoms with Gasteiger partial charge in [0, 0.05) is 0 Å². The van der Waals surface area contributed by atoms with E-state index in [2.05, 4.69) is 26.8 Å². The Balaban J connectivity index is 2.40. The van der Waals surface area contributed by atoms with Gasteiger partial charge in [-0.2, -0.15) is 0 Å². The van der Waals surface area contributed by atoms with E-state index in [4.69, 9.17) is 0 Å². The zero-order valence-electron chi connectivity index (χ0n) is 8.82. The van der Waals surface area contributed by atoms with Gasteiger partial charge in [-0.15, -0.1) is 0 Å². The summed E-state index contributed by atoms with van der Waals surface area (Å²) in [6.07, 6.45) is 10.7. The average molecular weight is 166 g/mol. The fourth-order valence-corrected chi connectivity index (χ4v) is 1.95. The number of allylic oxidation sites excluding steroid dienone is 2. The molecule has 1 unspecified atom stereocenters. The second-order valence-corrected chi connectivity index (χ2v) is 4.67. The zero-order chi connectivity index (χ0) is 9.03. The van der Waals surface area contributed by atoms with E-state index in [-0.39, 0.29) is 0 Å². The molecule has 70 valence electrons. The molecule has 0 aromatic carbocycles. The minimum absolute atomic E-state index is 0.634. The lowest BCUT2D eigenvalue weighted by Gasteiger charge is -2.32. The molecule has 0 bridgehead atoms. The van der Waals surface area contributed by atoms with E-state index in [9.17, 15) is 0 Å². The number of hydrogen-bond donors (Lipinski definition) is 0. The Morgan fingerprint density at radius 1 is 1.50 bits per heavy atom. The van der Waals surface area contributed by atoms with Crippen LogP contribution in [0.4, 0.5) is 0 Å². The highest BCUT2D eigenvalue weighted by molar-refractivity contribution is 5.05. The molecule has 0 heteroatoms. The molecule has 12 heavy (non-hydrogen) atoms. The van der Waals surface area contributed by atoms with Gasteiger partial charge in [0.1, 0.15) is 0 Å². The van der Waals surface area contributed by atoms with Crippen LogP contribution in [0, 0.1) is 5.41 Å². The molecule has 1 rings (SSSR count). The van der Waals surface area contributed by atoms with Gasteiger partial charge in [-0.25, -0.2) is 0 Å². The summed E-state index contributed by atoms with van der Waals surface area (Å²) in [5.74, 6) is 0. The summed E-state index contributed by atoms with van der Waals surface area (Å²) in [4.78, 5) is 0. The molecule has 0 radical (unpaired) electrons. The van der Waals surface area contributed by atoms with Crippen LogP contribution >= 0.6 is 0 Å². The van der Waals surface area contributed by atoms with E-state index in [0.29, 0.717) is 5.41 Å². The van der Waals surface area contributed by atoms with Gasteiger partial charge in [0.05, 0.1) is 0 Å². The molecule has 0 nitrogen and oxygen atoms in total. The van der Waals surface area contributed by atoms with E-state index in [0.717, 1.165) is 0 Å². The summed E-state index contributed by atoms with van der Waals surface area (Å²) in [6, 6.07) is 0. The van der Waals surface area contributed by atoms with Gasteiger partial charge < -0.3 is 0 Å². The molecule has 1 aliphatic rings. The summed E-state index contributed by atoms with van der Waals surface area (Å²) < 4.78 is 0. The third kappa shape index (κ3) is 2.66. The van der Waals surface area contributed by atoms with Crippen molar-refractivity contribution in [2.24, 2.45) is 5.41 Å². The first-order valence-electron chi connectivity index (χ1n) is 5.32. The van der Waals surface area contributed by atoms with Gasteiger partial charge in [-0.05, 0) is 38.0 Å². The monoisotopic (exact) mass is 166 g/mol. The van der Waals surface area contributed by atoms with Gasteiger partial charge >= 0.3 is 0 Å².